The van der Waals surface area contributed by atoms with Crippen molar-refractivity contribution in [2.75, 3.05) is 7.11 Å². The average molecular weight is 272 g/mol. The van der Waals surface area contributed by atoms with Gasteiger partial charge >= 0.3 is 0 Å². The molecule has 3 nitrogen and oxygen atoms in total. The summed E-state index contributed by atoms with van der Waals surface area (Å²) in [5.74, 6) is 0.862. The second-order valence-corrected chi connectivity index (χ2v) is 6.45. The predicted molar refractivity (Wildman–Crippen MR) is 83.3 cm³/mol. The summed E-state index contributed by atoms with van der Waals surface area (Å²) in [4.78, 5) is 0. The first-order chi connectivity index (χ1) is 9.32. The molecular formula is C17H24N2O. The molecule has 1 heterocycles. The number of ether oxygens (including phenoxy) is 1. The molecule has 0 aliphatic carbocycles. The fraction of sp³-hybridized carbons (Fsp3) is 0.471. The molecule has 0 N–H and O–H groups in total. The maximum absolute atomic E-state index is 5.32. The van der Waals surface area contributed by atoms with Crippen LogP contribution in [-0.2, 0) is 5.41 Å². The van der Waals surface area contributed by atoms with Gasteiger partial charge in [0.05, 0.1) is 12.8 Å². The third-order valence-corrected chi connectivity index (χ3v) is 3.41. The summed E-state index contributed by atoms with van der Waals surface area (Å²) >= 11 is 0. The monoisotopic (exact) mass is 272 g/mol. The van der Waals surface area contributed by atoms with Gasteiger partial charge in [-0.25, -0.2) is 0 Å². The van der Waals surface area contributed by atoms with Crippen LogP contribution >= 0.6 is 0 Å². The van der Waals surface area contributed by atoms with Crippen LogP contribution in [0.4, 0.5) is 0 Å². The molecule has 0 aliphatic rings. The van der Waals surface area contributed by atoms with E-state index in [4.69, 9.17) is 9.84 Å². The molecule has 0 spiro atoms. The fourth-order valence-electron chi connectivity index (χ4n) is 2.19. The van der Waals surface area contributed by atoms with Gasteiger partial charge in [0.15, 0.2) is 0 Å². The molecule has 1 aromatic carbocycles. The quantitative estimate of drug-likeness (QED) is 0.826. The number of aromatic nitrogens is 2. The van der Waals surface area contributed by atoms with Gasteiger partial charge in [-0.1, -0.05) is 32.9 Å². The Morgan fingerprint density at radius 1 is 1.20 bits per heavy atom. The highest BCUT2D eigenvalue weighted by atomic mass is 16.5. The highest BCUT2D eigenvalue weighted by Gasteiger charge is 2.23. The molecule has 3 heteroatoms. The molecule has 2 aromatic rings. The van der Waals surface area contributed by atoms with Gasteiger partial charge in [0, 0.05) is 23.4 Å². The molecule has 1 aromatic heterocycles. The number of hydrogen-bond acceptors (Lipinski definition) is 2. The number of benzene rings is 1. The second-order valence-electron chi connectivity index (χ2n) is 6.45. The van der Waals surface area contributed by atoms with Crippen LogP contribution in [0.3, 0.4) is 0 Å². The minimum absolute atomic E-state index is 0.0611. The summed E-state index contributed by atoms with van der Waals surface area (Å²) in [5.41, 5.74) is 3.48. The van der Waals surface area contributed by atoms with Gasteiger partial charge in [-0.2, -0.15) is 5.10 Å². The molecule has 20 heavy (non-hydrogen) atoms. The van der Waals surface area contributed by atoms with Gasteiger partial charge in [0.2, 0.25) is 0 Å². The number of rotatable bonds is 3. The van der Waals surface area contributed by atoms with Gasteiger partial charge in [-0.05, 0) is 31.4 Å². The second kappa shape index (κ2) is 5.31. The first-order valence-corrected chi connectivity index (χ1v) is 7.07. The molecule has 0 amide bonds. The summed E-state index contributed by atoms with van der Waals surface area (Å²) in [6, 6.07) is 8.46. The summed E-state index contributed by atoms with van der Waals surface area (Å²) in [6.07, 6.45) is 2.17. The Morgan fingerprint density at radius 3 is 2.45 bits per heavy atom. The zero-order valence-electron chi connectivity index (χ0n) is 13.3. The minimum Gasteiger partial charge on any atom is -0.497 e. The molecule has 0 fully saturated rings. The van der Waals surface area contributed by atoms with E-state index < -0.39 is 0 Å². The number of methoxy groups -OCH3 is 1. The van der Waals surface area contributed by atoms with Crippen molar-refractivity contribution in [1.82, 2.24) is 9.78 Å². The van der Waals surface area contributed by atoms with Gasteiger partial charge in [-0.3, -0.25) is 4.68 Å². The summed E-state index contributed by atoms with van der Waals surface area (Å²) in [7, 11) is 1.69. The lowest BCUT2D eigenvalue weighted by Crippen LogP contribution is -2.11. The van der Waals surface area contributed by atoms with E-state index in [1.807, 2.05) is 22.9 Å². The summed E-state index contributed by atoms with van der Waals surface area (Å²) in [6.45, 7) is 11.0. The smallest absolute Gasteiger partial charge is 0.119 e. The zero-order chi connectivity index (χ0) is 14.9. The van der Waals surface area contributed by atoms with Crippen LogP contribution in [0.5, 0.6) is 5.75 Å². The molecule has 0 saturated heterocycles. The Bertz CT molecular complexity index is 591. The third-order valence-electron chi connectivity index (χ3n) is 3.41. The van der Waals surface area contributed by atoms with Gasteiger partial charge in [-0.15, -0.1) is 0 Å². The van der Waals surface area contributed by atoms with Gasteiger partial charge in [0.25, 0.3) is 0 Å². The van der Waals surface area contributed by atoms with Crippen molar-refractivity contribution in [3.63, 3.8) is 0 Å². The Labute approximate surface area is 121 Å². The first-order valence-electron chi connectivity index (χ1n) is 7.07. The van der Waals surface area contributed by atoms with Crippen molar-refractivity contribution in [3.05, 3.63) is 36.0 Å². The van der Waals surface area contributed by atoms with Gasteiger partial charge in [0.1, 0.15) is 5.75 Å². The predicted octanol–water partition coefficient (Wildman–Crippen LogP) is 4.44. The Hall–Kier alpha value is -1.77. The summed E-state index contributed by atoms with van der Waals surface area (Å²) in [5, 5.41) is 4.78. The van der Waals surface area contributed by atoms with E-state index in [0.717, 1.165) is 17.0 Å². The highest BCUT2D eigenvalue weighted by molar-refractivity contribution is 5.65. The van der Waals surface area contributed by atoms with Crippen molar-refractivity contribution < 1.29 is 4.74 Å². The van der Waals surface area contributed by atoms with Crippen LogP contribution in [-0.4, -0.2) is 16.9 Å². The zero-order valence-corrected chi connectivity index (χ0v) is 13.3. The van der Waals surface area contributed by atoms with Crippen molar-refractivity contribution in [2.45, 2.75) is 46.1 Å². The lowest BCUT2D eigenvalue weighted by atomic mass is 9.86. The van der Waals surface area contributed by atoms with Crippen molar-refractivity contribution >= 4 is 0 Å². The molecular weight excluding hydrogens is 248 g/mol. The lowest BCUT2D eigenvalue weighted by Gasteiger charge is -2.18. The highest BCUT2D eigenvalue weighted by Crippen LogP contribution is 2.34. The van der Waals surface area contributed by atoms with Crippen molar-refractivity contribution in [3.8, 4) is 17.0 Å². The molecule has 0 aliphatic heterocycles. The maximum atomic E-state index is 5.32. The van der Waals surface area contributed by atoms with Crippen LogP contribution < -0.4 is 4.74 Å². The van der Waals surface area contributed by atoms with Crippen LogP contribution in [0, 0.1) is 0 Å². The molecule has 0 unspecified atom stereocenters. The van der Waals surface area contributed by atoms with E-state index in [-0.39, 0.29) is 5.41 Å². The average Bonchev–Trinajstić information content (AvgIpc) is 2.84. The Kier molecular flexibility index (Phi) is 3.89. The summed E-state index contributed by atoms with van der Waals surface area (Å²) < 4.78 is 7.36. The molecule has 0 saturated carbocycles. The van der Waals surface area contributed by atoms with E-state index in [0.29, 0.717) is 6.04 Å². The maximum Gasteiger partial charge on any atom is 0.119 e. The van der Waals surface area contributed by atoms with Gasteiger partial charge < -0.3 is 4.74 Å². The van der Waals surface area contributed by atoms with Crippen LogP contribution in [0.1, 0.15) is 46.2 Å². The van der Waals surface area contributed by atoms with Crippen LogP contribution in [0.2, 0.25) is 0 Å². The van der Waals surface area contributed by atoms with Crippen LogP contribution in [0.25, 0.3) is 11.3 Å². The van der Waals surface area contributed by atoms with Crippen LogP contribution in [0.15, 0.2) is 30.5 Å². The third kappa shape index (κ3) is 2.87. The molecule has 108 valence electrons. The van der Waals surface area contributed by atoms with E-state index in [9.17, 15) is 0 Å². The lowest BCUT2D eigenvalue weighted by molar-refractivity contribution is 0.415. The molecule has 0 bridgehead atoms. The van der Waals surface area contributed by atoms with E-state index in [1.54, 1.807) is 7.11 Å². The standard InChI is InChI=1S/C17H24N2O/c1-12(2)19-11-15(17(3,4)5)16(18-19)13-8-7-9-14(10-13)20-6/h7-12H,1-6H3. The molecule has 0 radical (unpaired) electrons. The van der Waals surface area contributed by atoms with E-state index in [1.165, 1.54) is 5.56 Å². The SMILES string of the molecule is COc1cccc(-c2nn(C(C)C)cc2C(C)(C)C)c1. The fourth-order valence-corrected chi connectivity index (χ4v) is 2.19. The number of nitrogens with zero attached hydrogens (tertiary/aromatic N) is 2. The normalized spacial score (nSPS) is 11.9. The first kappa shape index (κ1) is 14.6. The Morgan fingerprint density at radius 2 is 1.90 bits per heavy atom. The topological polar surface area (TPSA) is 27.1 Å². The molecule has 2 rings (SSSR count). The van der Waals surface area contributed by atoms with Crippen molar-refractivity contribution in [1.29, 1.82) is 0 Å². The van der Waals surface area contributed by atoms with E-state index >= 15 is 0 Å². The Balaban J connectivity index is 2.59. The van der Waals surface area contributed by atoms with Crippen molar-refractivity contribution in [2.24, 2.45) is 0 Å². The number of hydrogen-bond donors (Lipinski definition) is 0. The minimum atomic E-state index is 0.0611. The van der Waals surface area contributed by atoms with E-state index in [2.05, 4.69) is 46.9 Å². The largest absolute Gasteiger partial charge is 0.497 e. The molecule has 0 atom stereocenters.